The first kappa shape index (κ1) is 15.6. The van der Waals surface area contributed by atoms with Crippen molar-refractivity contribution in [2.45, 2.75) is 11.3 Å². The van der Waals surface area contributed by atoms with E-state index in [0.29, 0.717) is 26.1 Å². The van der Waals surface area contributed by atoms with E-state index in [-0.39, 0.29) is 5.91 Å². The average Bonchev–Trinajstić information content (AvgIpc) is 2.51. The van der Waals surface area contributed by atoms with Crippen molar-refractivity contribution < 1.29 is 9.35 Å². The molecule has 0 bridgehead atoms. The maximum absolute atomic E-state index is 11.3. The van der Waals surface area contributed by atoms with Crippen LogP contribution >= 0.6 is 12.0 Å². The van der Waals surface area contributed by atoms with Gasteiger partial charge >= 0.3 is 0 Å². The fourth-order valence-corrected chi connectivity index (χ4v) is 2.55. The van der Waals surface area contributed by atoms with Crippen molar-refractivity contribution in [3.8, 4) is 0 Å². The fourth-order valence-electron chi connectivity index (χ4n) is 2.13. The lowest BCUT2D eigenvalue weighted by Crippen LogP contribution is -2.30. The summed E-state index contributed by atoms with van der Waals surface area (Å²) in [4.78, 5) is 12.1. The van der Waals surface area contributed by atoms with Crippen molar-refractivity contribution in [2.24, 2.45) is 5.73 Å². The first-order valence-corrected chi connectivity index (χ1v) is 7.57. The third-order valence-electron chi connectivity index (χ3n) is 3.11. The normalized spacial score (nSPS) is 10.6. The Morgan fingerprint density at radius 2 is 1.90 bits per heavy atom. The molecule has 112 valence electrons. The monoisotopic (exact) mass is 305 g/mol. The van der Waals surface area contributed by atoms with Gasteiger partial charge < -0.3 is 20.9 Å². The molecule has 0 aliphatic carbocycles. The Labute approximate surface area is 128 Å². The zero-order valence-electron chi connectivity index (χ0n) is 11.6. The number of fused-ring (bicyclic) bond motifs is 1. The van der Waals surface area contributed by atoms with E-state index in [9.17, 15) is 9.35 Å². The van der Waals surface area contributed by atoms with Crippen molar-refractivity contribution in [1.82, 2.24) is 5.32 Å². The zero-order chi connectivity index (χ0) is 15.1. The summed E-state index contributed by atoms with van der Waals surface area (Å²) in [6.45, 7) is 1.54. The molecule has 0 fully saturated rings. The van der Waals surface area contributed by atoms with Crippen molar-refractivity contribution in [2.75, 3.05) is 25.0 Å². The summed E-state index contributed by atoms with van der Waals surface area (Å²) in [5.74, 6) is -0.0313. The molecular formula is C15H19N3O2S. The van der Waals surface area contributed by atoms with E-state index in [2.05, 4.69) is 10.6 Å². The van der Waals surface area contributed by atoms with Gasteiger partial charge in [0.1, 0.15) is 0 Å². The van der Waals surface area contributed by atoms with Crippen LogP contribution in [0.4, 0.5) is 5.69 Å². The second-order valence-corrected chi connectivity index (χ2v) is 5.19. The highest BCUT2D eigenvalue weighted by molar-refractivity contribution is 7.94. The molecule has 0 heterocycles. The lowest BCUT2D eigenvalue weighted by Gasteiger charge is -2.11. The molecule has 21 heavy (non-hydrogen) atoms. The van der Waals surface area contributed by atoms with Crippen molar-refractivity contribution >= 4 is 34.4 Å². The van der Waals surface area contributed by atoms with E-state index in [0.717, 1.165) is 33.4 Å². The van der Waals surface area contributed by atoms with Crippen LogP contribution in [0, 0.1) is 0 Å². The first-order chi connectivity index (χ1) is 10.3. The Morgan fingerprint density at radius 3 is 2.67 bits per heavy atom. The molecule has 0 aromatic heterocycles. The summed E-state index contributed by atoms with van der Waals surface area (Å²) in [5.41, 5.74) is 6.30. The van der Waals surface area contributed by atoms with Crippen LogP contribution in [0.25, 0.3) is 10.8 Å². The van der Waals surface area contributed by atoms with E-state index in [1.54, 1.807) is 0 Å². The van der Waals surface area contributed by atoms with Gasteiger partial charge in [-0.3, -0.25) is 4.79 Å². The molecule has 6 heteroatoms. The number of anilines is 1. The topological polar surface area (TPSA) is 87.4 Å². The average molecular weight is 305 g/mol. The minimum Gasteiger partial charge on any atom is -0.383 e. The largest absolute Gasteiger partial charge is 0.383 e. The Kier molecular flexibility index (Phi) is 5.86. The molecule has 1 amide bonds. The second kappa shape index (κ2) is 7.87. The quantitative estimate of drug-likeness (QED) is 0.466. The standard InChI is InChI=1S/C15H19N3O2S/c16-8-7-15(19)18-10-9-17-13-5-1-4-12-11(13)3-2-6-14(12)21-20/h1-6,17,20H,7-10,16H2,(H,18,19). The van der Waals surface area contributed by atoms with Crippen LogP contribution in [-0.4, -0.2) is 30.1 Å². The molecule has 0 spiro atoms. The Balaban J connectivity index is 2.01. The van der Waals surface area contributed by atoms with Crippen molar-refractivity contribution in [3.05, 3.63) is 36.4 Å². The van der Waals surface area contributed by atoms with E-state index in [4.69, 9.17) is 5.73 Å². The molecule has 5 N–H and O–H groups in total. The van der Waals surface area contributed by atoms with Gasteiger partial charge in [0.2, 0.25) is 5.91 Å². The summed E-state index contributed by atoms with van der Waals surface area (Å²) >= 11 is 0.748. The predicted octanol–water partition coefficient (Wildman–Crippen LogP) is 2.28. The van der Waals surface area contributed by atoms with Crippen LogP contribution < -0.4 is 16.4 Å². The van der Waals surface area contributed by atoms with Gasteiger partial charge in [0.15, 0.2) is 0 Å². The molecule has 0 saturated carbocycles. The van der Waals surface area contributed by atoms with Crippen molar-refractivity contribution in [3.63, 3.8) is 0 Å². The second-order valence-electron chi connectivity index (χ2n) is 4.56. The van der Waals surface area contributed by atoms with Crippen molar-refractivity contribution in [1.29, 1.82) is 0 Å². The first-order valence-electron chi connectivity index (χ1n) is 6.80. The molecule has 2 rings (SSSR count). The fraction of sp³-hybridized carbons (Fsp3) is 0.267. The third kappa shape index (κ3) is 4.10. The number of carbonyl (C=O) groups excluding carboxylic acids is 1. The smallest absolute Gasteiger partial charge is 0.221 e. The van der Waals surface area contributed by atoms with E-state index < -0.39 is 0 Å². The maximum atomic E-state index is 11.3. The number of nitrogens with two attached hydrogens (primary N) is 1. The van der Waals surface area contributed by atoms with Gasteiger partial charge in [0.05, 0.1) is 0 Å². The predicted molar refractivity (Wildman–Crippen MR) is 87.6 cm³/mol. The van der Waals surface area contributed by atoms with Crippen LogP contribution in [0.15, 0.2) is 41.3 Å². The minimum atomic E-state index is -0.0313. The number of rotatable bonds is 7. The summed E-state index contributed by atoms with van der Waals surface area (Å²) in [6.07, 6.45) is 0.353. The van der Waals surface area contributed by atoms with Gasteiger partial charge in [-0.2, -0.15) is 0 Å². The molecule has 2 aromatic rings. The number of carbonyl (C=O) groups is 1. The molecular weight excluding hydrogens is 286 g/mol. The minimum absolute atomic E-state index is 0.0313. The highest BCUT2D eigenvalue weighted by Crippen LogP contribution is 2.30. The van der Waals surface area contributed by atoms with E-state index in [1.807, 2.05) is 36.4 Å². The van der Waals surface area contributed by atoms with Gasteiger partial charge in [-0.25, -0.2) is 0 Å². The summed E-state index contributed by atoms with van der Waals surface area (Å²) in [7, 11) is 0. The van der Waals surface area contributed by atoms with Gasteiger partial charge in [-0.1, -0.05) is 24.3 Å². The summed E-state index contributed by atoms with van der Waals surface area (Å²) in [6, 6.07) is 11.7. The number of hydrogen-bond donors (Lipinski definition) is 4. The van der Waals surface area contributed by atoms with Crippen LogP contribution in [0.1, 0.15) is 6.42 Å². The lowest BCUT2D eigenvalue weighted by atomic mass is 10.1. The SMILES string of the molecule is NCCC(=O)NCCNc1cccc2c(SO)cccc12. The van der Waals surface area contributed by atoms with Crippen LogP contribution in [0.2, 0.25) is 0 Å². The maximum Gasteiger partial charge on any atom is 0.221 e. The zero-order valence-corrected chi connectivity index (χ0v) is 12.5. The highest BCUT2D eigenvalue weighted by Gasteiger charge is 2.05. The molecule has 2 aromatic carbocycles. The summed E-state index contributed by atoms with van der Waals surface area (Å²) < 4.78 is 9.29. The molecule has 0 aliphatic rings. The van der Waals surface area contributed by atoms with E-state index >= 15 is 0 Å². The van der Waals surface area contributed by atoms with Crippen LogP contribution in [-0.2, 0) is 4.79 Å². The third-order valence-corrected chi connectivity index (χ3v) is 3.67. The van der Waals surface area contributed by atoms with E-state index in [1.165, 1.54) is 0 Å². The number of benzene rings is 2. The lowest BCUT2D eigenvalue weighted by molar-refractivity contribution is -0.120. The van der Waals surface area contributed by atoms with Gasteiger partial charge in [0.25, 0.3) is 0 Å². The number of nitrogens with one attached hydrogen (secondary N) is 2. The molecule has 0 atom stereocenters. The van der Waals surface area contributed by atoms with Crippen LogP contribution in [0.3, 0.4) is 0 Å². The Bertz CT molecular complexity index is 619. The summed E-state index contributed by atoms with van der Waals surface area (Å²) in [5, 5.41) is 8.15. The molecule has 0 aliphatic heterocycles. The molecule has 0 radical (unpaired) electrons. The van der Waals surface area contributed by atoms with Gasteiger partial charge in [0, 0.05) is 54.1 Å². The van der Waals surface area contributed by atoms with Crippen LogP contribution in [0.5, 0.6) is 0 Å². The molecule has 0 unspecified atom stereocenters. The molecule has 0 saturated heterocycles. The Hall–Kier alpha value is -1.76. The van der Waals surface area contributed by atoms with Gasteiger partial charge in [-0.15, -0.1) is 0 Å². The molecule has 5 nitrogen and oxygen atoms in total. The van der Waals surface area contributed by atoms with Gasteiger partial charge in [-0.05, 0) is 17.5 Å². The number of hydrogen-bond acceptors (Lipinski definition) is 5. The number of amides is 1. The highest BCUT2D eigenvalue weighted by atomic mass is 32.2. The Morgan fingerprint density at radius 1 is 1.14 bits per heavy atom.